The van der Waals surface area contributed by atoms with Gasteiger partial charge in [0, 0.05) is 29.3 Å². The summed E-state index contributed by atoms with van der Waals surface area (Å²) in [6.45, 7) is 0.503. The van der Waals surface area contributed by atoms with Crippen LogP contribution in [0.3, 0.4) is 0 Å². The lowest BCUT2D eigenvalue weighted by atomic mass is 10.1. The summed E-state index contributed by atoms with van der Waals surface area (Å²) in [5, 5.41) is 11.1. The first kappa shape index (κ1) is 16.5. The van der Waals surface area contributed by atoms with Crippen molar-refractivity contribution in [3.8, 4) is 17.2 Å². The van der Waals surface area contributed by atoms with E-state index >= 15 is 0 Å². The van der Waals surface area contributed by atoms with Gasteiger partial charge < -0.3 is 18.9 Å². The van der Waals surface area contributed by atoms with Crippen LogP contribution in [0.25, 0.3) is 0 Å². The molecule has 2 aromatic carbocycles. The first-order valence-electron chi connectivity index (χ1n) is 7.05. The molecule has 3 rings (SSSR count). The minimum Gasteiger partial charge on any atom is -0.497 e. The predicted molar refractivity (Wildman–Crippen MR) is 88.4 cm³/mol. The highest BCUT2D eigenvalue weighted by atomic mass is 79.9. The Hall–Kier alpha value is -2.32. The zero-order valence-electron chi connectivity index (χ0n) is 12.8. The first-order chi connectivity index (χ1) is 11.6. The summed E-state index contributed by atoms with van der Waals surface area (Å²) in [6.07, 6.45) is 0. The molecule has 0 radical (unpaired) electrons. The Morgan fingerprint density at radius 1 is 1.33 bits per heavy atom. The summed E-state index contributed by atoms with van der Waals surface area (Å²) in [5.41, 5.74) is 1.21. The highest BCUT2D eigenvalue weighted by molar-refractivity contribution is 9.10. The Morgan fingerprint density at radius 2 is 2.17 bits per heavy atom. The smallest absolute Gasteiger partial charge is 0.270 e. The number of halogens is 1. The van der Waals surface area contributed by atoms with Crippen LogP contribution in [0.5, 0.6) is 17.2 Å². The number of ether oxygens (including phenoxy) is 4. The van der Waals surface area contributed by atoms with Crippen molar-refractivity contribution in [2.75, 3.05) is 13.9 Å². The molecule has 126 valence electrons. The van der Waals surface area contributed by atoms with Gasteiger partial charge in [0.2, 0.25) is 0 Å². The topological polar surface area (TPSA) is 80.1 Å². The molecule has 0 fully saturated rings. The van der Waals surface area contributed by atoms with Crippen molar-refractivity contribution in [3.05, 3.63) is 56.0 Å². The van der Waals surface area contributed by atoms with Crippen molar-refractivity contribution in [2.24, 2.45) is 0 Å². The lowest BCUT2D eigenvalue weighted by Gasteiger charge is -2.20. The van der Waals surface area contributed by atoms with Gasteiger partial charge in [-0.25, -0.2) is 0 Å². The number of nitrogens with zero attached hydrogens (tertiary/aromatic N) is 1. The van der Waals surface area contributed by atoms with Gasteiger partial charge in [-0.05, 0) is 28.1 Å². The van der Waals surface area contributed by atoms with Gasteiger partial charge in [-0.3, -0.25) is 10.1 Å². The summed E-state index contributed by atoms with van der Waals surface area (Å²) in [7, 11) is 1.57. The molecule has 24 heavy (non-hydrogen) atoms. The molecule has 0 amide bonds. The molecule has 0 spiro atoms. The van der Waals surface area contributed by atoms with Crippen molar-refractivity contribution in [3.63, 3.8) is 0 Å². The lowest BCUT2D eigenvalue weighted by Crippen LogP contribution is -2.14. The van der Waals surface area contributed by atoms with Gasteiger partial charge in [0.15, 0.2) is 6.79 Å². The van der Waals surface area contributed by atoms with Crippen molar-refractivity contribution in [2.45, 2.75) is 13.2 Å². The summed E-state index contributed by atoms with van der Waals surface area (Å²) in [5.74, 6) is 1.80. The van der Waals surface area contributed by atoms with E-state index in [4.69, 9.17) is 18.9 Å². The van der Waals surface area contributed by atoms with Crippen LogP contribution < -0.4 is 14.2 Å². The predicted octanol–water partition coefficient (Wildman–Crippen LogP) is 3.81. The molecule has 0 saturated heterocycles. The molecular formula is C16H14BrNO6. The molecule has 0 bridgehead atoms. The molecule has 1 aliphatic rings. The molecule has 0 unspecified atom stereocenters. The van der Waals surface area contributed by atoms with Gasteiger partial charge >= 0.3 is 0 Å². The van der Waals surface area contributed by atoms with Crippen molar-refractivity contribution >= 4 is 21.6 Å². The molecule has 8 heteroatoms. The Bertz CT molecular complexity index is 779. The maximum Gasteiger partial charge on any atom is 0.270 e. The van der Waals surface area contributed by atoms with Crippen molar-refractivity contribution in [1.29, 1.82) is 0 Å². The second-order valence-corrected chi connectivity index (χ2v) is 5.90. The second-order valence-electron chi connectivity index (χ2n) is 5.05. The van der Waals surface area contributed by atoms with E-state index in [2.05, 4.69) is 15.9 Å². The average Bonchev–Trinajstić information content (AvgIpc) is 2.60. The van der Waals surface area contributed by atoms with E-state index in [0.29, 0.717) is 28.4 Å². The third-order valence-electron chi connectivity index (χ3n) is 3.50. The maximum atomic E-state index is 11.1. The first-order valence-corrected chi connectivity index (χ1v) is 7.85. The lowest BCUT2D eigenvalue weighted by molar-refractivity contribution is -0.385. The number of rotatable bonds is 5. The van der Waals surface area contributed by atoms with Gasteiger partial charge in [-0.2, -0.15) is 0 Å². The highest BCUT2D eigenvalue weighted by Crippen LogP contribution is 2.35. The Labute approximate surface area is 146 Å². The summed E-state index contributed by atoms with van der Waals surface area (Å²) in [4.78, 5) is 10.7. The molecule has 1 aliphatic heterocycles. The van der Waals surface area contributed by atoms with Crippen molar-refractivity contribution in [1.82, 2.24) is 0 Å². The summed E-state index contributed by atoms with van der Waals surface area (Å²) < 4.78 is 22.4. The van der Waals surface area contributed by atoms with Gasteiger partial charge in [0.1, 0.15) is 23.9 Å². The number of hydrogen-bond donors (Lipinski definition) is 0. The normalized spacial score (nSPS) is 12.9. The SMILES string of the molecule is COc1ccc(Br)c(OCc2cc([N+](=O)[O-])cc3c2OCOC3)c1. The van der Waals surface area contributed by atoms with Crippen LogP contribution in [0.4, 0.5) is 5.69 Å². The number of methoxy groups -OCH3 is 1. The standard InChI is InChI=1S/C16H14BrNO6/c1-21-13-2-3-14(17)15(6-13)23-8-11-5-12(18(19)20)4-10-7-22-9-24-16(10)11/h2-6H,7-9H2,1H3. The maximum absolute atomic E-state index is 11.1. The molecule has 0 N–H and O–H groups in total. The minimum atomic E-state index is -0.445. The van der Waals surface area contributed by atoms with Crippen LogP contribution in [0.2, 0.25) is 0 Å². The number of benzene rings is 2. The number of hydrogen-bond acceptors (Lipinski definition) is 6. The fourth-order valence-corrected chi connectivity index (χ4v) is 2.73. The van der Waals surface area contributed by atoms with E-state index in [1.54, 1.807) is 25.3 Å². The van der Waals surface area contributed by atoms with E-state index in [1.165, 1.54) is 12.1 Å². The summed E-state index contributed by atoms with van der Waals surface area (Å²) >= 11 is 3.41. The molecule has 0 saturated carbocycles. The average molecular weight is 396 g/mol. The Morgan fingerprint density at radius 3 is 2.92 bits per heavy atom. The van der Waals surface area contributed by atoms with Gasteiger partial charge in [0.25, 0.3) is 5.69 Å². The van der Waals surface area contributed by atoms with Crippen LogP contribution in [0.1, 0.15) is 11.1 Å². The molecule has 0 atom stereocenters. The highest BCUT2D eigenvalue weighted by Gasteiger charge is 2.21. The zero-order chi connectivity index (χ0) is 17.1. The second kappa shape index (κ2) is 7.06. The fraction of sp³-hybridized carbons (Fsp3) is 0.250. The van der Waals surface area contributed by atoms with Crippen LogP contribution in [0.15, 0.2) is 34.8 Å². The Kier molecular flexibility index (Phi) is 4.86. The van der Waals surface area contributed by atoms with Crippen LogP contribution in [-0.2, 0) is 18.0 Å². The fourth-order valence-electron chi connectivity index (χ4n) is 2.37. The number of fused-ring (bicyclic) bond motifs is 1. The quantitative estimate of drug-likeness (QED) is 0.565. The van der Waals surface area contributed by atoms with Gasteiger partial charge in [0.05, 0.1) is 23.1 Å². The molecule has 2 aromatic rings. The molecular weight excluding hydrogens is 382 g/mol. The van der Waals surface area contributed by atoms with E-state index < -0.39 is 4.92 Å². The van der Waals surface area contributed by atoms with E-state index in [9.17, 15) is 10.1 Å². The Balaban J connectivity index is 1.89. The number of nitro groups is 1. The summed E-state index contributed by atoms with van der Waals surface area (Å²) in [6, 6.07) is 8.25. The third-order valence-corrected chi connectivity index (χ3v) is 4.16. The third kappa shape index (κ3) is 3.44. The number of non-ortho nitro benzene ring substituents is 1. The van der Waals surface area contributed by atoms with Gasteiger partial charge in [-0.1, -0.05) is 0 Å². The largest absolute Gasteiger partial charge is 0.497 e. The van der Waals surface area contributed by atoms with E-state index in [0.717, 1.165) is 4.47 Å². The van der Waals surface area contributed by atoms with Crippen LogP contribution >= 0.6 is 15.9 Å². The number of nitro benzene ring substituents is 1. The van der Waals surface area contributed by atoms with Crippen LogP contribution in [-0.4, -0.2) is 18.8 Å². The molecule has 7 nitrogen and oxygen atoms in total. The molecule has 0 aliphatic carbocycles. The van der Waals surface area contributed by atoms with Gasteiger partial charge in [-0.15, -0.1) is 0 Å². The zero-order valence-corrected chi connectivity index (χ0v) is 14.4. The van der Waals surface area contributed by atoms with Crippen molar-refractivity contribution < 1.29 is 23.9 Å². The monoisotopic (exact) mass is 395 g/mol. The van der Waals surface area contributed by atoms with E-state index in [-0.39, 0.29) is 25.7 Å². The molecule has 1 heterocycles. The molecule has 0 aromatic heterocycles. The minimum absolute atomic E-state index is 0.0221. The van der Waals surface area contributed by atoms with E-state index in [1.807, 2.05) is 0 Å². The van der Waals surface area contributed by atoms with Crippen LogP contribution in [0, 0.1) is 10.1 Å².